The maximum Gasteiger partial charge on any atom is 0.304 e. The number of aliphatic carboxylic acids is 1. The first-order valence-corrected chi connectivity index (χ1v) is 6.23. The van der Waals surface area contributed by atoms with Crippen LogP contribution in [-0.2, 0) is 4.79 Å². The molecule has 7 heteroatoms. The third kappa shape index (κ3) is 3.37. The van der Waals surface area contributed by atoms with Crippen LogP contribution in [0.3, 0.4) is 0 Å². The highest BCUT2D eigenvalue weighted by Crippen LogP contribution is 2.29. The molecule has 1 atom stereocenters. The highest BCUT2D eigenvalue weighted by Gasteiger charge is 2.24. The first-order chi connectivity index (χ1) is 8.95. The smallest absolute Gasteiger partial charge is 0.304 e. The summed E-state index contributed by atoms with van der Waals surface area (Å²) < 4.78 is 19.2. The Morgan fingerprint density at radius 2 is 2.21 bits per heavy atom. The molecule has 0 spiro atoms. The fourth-order valence-electron chi connectivity index (χ4n) is 1.75. The Bertz CT molecular complexity index is 595. The molecule has 100 valence electrons. The highest BCUT2D eigenvalue weighted by molar-refractivity contribution is 9.10. The van der Waals surface area contributed by atoms with Crippen LogP contribution in [0.25, 0.3) is 0 Å². The Morgan fingerprint density at radius 1 is 1.47 bits per heavy atom. The van der Waals surface area contributed by atoms with E-state index in [9.17, 15) is 9.18 Å². The van der Waals surface area contributed by atoms with Crippen LogP contribution in [-0.4, -0.2) is 21.3 Å². The van der Waals surface area contributed by atoms with E-state index < -0.39 is 17.7 Å². The minimum absolute atomic E-state index is 0.164. The van der Waals surface area contributed by atoms with E-state index in [1.165, 1.54) is 12.1 Å². The number of benzene rings is 1. The molecule has 0 radical (unpaired) electrons. The van der Waals surface area contributed by atoms with E-state index in [0.29, 0.717) is 15.9 Å². The number of nitrogens with zero attached hydrogens (tertiary/aromatic N) is 2. The molecular weight excluding hydrogens is 319 g/mol. The lowest BCUT2D eigenvalue weighted by Gasteiger charge is -2.11. The van der Waals surface area contributed by atoms with Crippen LogP contribution in [0.15, 0.2) is 27.1 Å². The number of aromatic nitrogens is 2. The van der Waals surface area contributed by atoms with Crippen molar-refractivity contribution in [2.24, 2.45) is 0 Å². The van der Waals surface area contributed by atoms with E-state index >= 15 is 0 Å². The van der Waals surface area contributed by atoms with Gasteiger partial charge in [0.15, 0.2) is 0 Å². The summed E-state index contributed by atoms with van der Waals surface area (Å²) in [6.07, 6.45) is -0.252. The predicted molar refractivity (Wildman–Crippen MR) is 67.2 cm³/mol. The van der Waals surface area contributed by atoms with Gasteiger partial charge in [0.05, 0.1) is 12.3 Å². The molecule has 19 heavy (non-hydrogen) atoms. The summed E-state index contributed by atoms with van der Waals surface area (Å²) in [7, 11) is 0. The van der Waals surface area contributed by atoms with Gasteiger partial charge in [0.2, 0.25) is 11.8 Å². The standard InChI is InChI=1S/C12H10BrFN2O3/c1-6-15-16-12(19-6)10(5-11(17)18)7-2-8(13)4-9(14)3-7/h2-4,10H,5H2,1H3,(H,17,18). The lowest BCUT2D eigenvalue weighted by atomic mass is 9.95. The molecule has 2 rings (SSSR count). The summed E-state index contributed by atoms with van der Waals surface area (Å²) >= 11 is 3.17. The van der Waals surface area contributed by atoms with Crippen LogP contribution in [0.4, 0.5) is 4.39 Å². The Labute approximate surface area is 116 Å². The van der Waals surface area contributed by atoms with E-state index in [1.807, 2.05) is 0 Å². The largest absolute Gasteiger partial charge is 0.481 e. The van der Waals surface area contributed by atoms with Gasteiger partial charge in [-0.3, -0.25) is 4.79 Å². The Morgan fingerprint density at radius 3 is 2.74 bits per heavy atom. The second-order valence-electron chi connectivity index (χ2n) is 4.01. The van der Waals surface area contributed by atoms with Gasteiger partial charge >= 0.3 is 5.97 Å². The normalized spacial score (nSPS) is 12.4. The quantitative estimate of drug-likeness (QED) is 0.933. The fraction of sp³-hybridized carbons (Fsp3) is 0.250. The summed E-state index contributed by atoms with van der Waals surface area (Å²) in [5, 5.41) is 16.4. The number of hydrogen-bond acceptors (Lipinski definition) is 4. The van der Waals surface area contributed by atoms with Gasteiger partial charge in [0.1, 0.15) is 5.82 Å². The number of halogens is 2. The highest BCUT2D eigenvalue weighted by atomic mass is 79.9. The first kappa shape index (κ1) is 13.7. The third-order valence-corrected chi connectivity index (χ3v) is 2.96. The van der Waals surface area contributed by atoms with Crippen LogP contribution in [0, 0.1) is 12.7 Å². The molecule has 0 fully saturated rings. The summed E-state index contributed by atoms with van der Waals surface area (Å²) in [4.78, 5) is 10.9. The zero-order chi connectivity index (χ0) is 14.0. The van der Waals surface area contributed by atoms with Gasteiger partial charge < -0.3 is 9.52 Å². The SMILES string of the molecule is Cc1nnc(C(CC(=O)O)c2cc(F)cc(Br)c2)o1. The van der Waals surface area contributed by atoms with Crippen LogP contribution >= 0.6 is 15.9 Å². The Hall–Kier alpha value is -1.76. The molecule has 0 aliphatic heterocycles. The summed E-state index contributed by atoms with van der Waals surface area (Å²) in [6, 6.07) is 4.19. The first-order valence-electron chi connectivity index (χ1n) is 5.43. The second kappa shape index (κ2) is 5.48. The summed E-state index contributed by atoms with van der Waals surface area (Å²) in [5.74, 6) is -1.67. The van der Waals surface area contributed by atoms with Gasteiger partial charge in [0, 0.05) is 11.4 Å². The monoisotopic (exact) mass is 328 g/mol. The molecule has 5 nitrogen and oxygen atoms in total. The van der Waals surface area contributed by atoms with Crippen LogP contribution in [0.5, 0.6) is 0 Å². The minimum atomic E-state index is -1.03. The van der Waals surface area contributed by atoms with Crippen molar-refractivity contribution in [2.75, 3.05) is 0 Å². The van der Waals surface area contributed by atoms with Gasteiger partial charge in [-0.25, -0.2) is 4.39 Å². The van der Waals surface area contributed by atoms with E-state index in [2.05, 4.69) is 26.1 Å². The van der Waals surface area contributed by atoms with Crippen molar-refractivity contribution in [1.29, 1.82) is 0 Å². The molecule has 0 saturated carbocycles. The third-order valence-electron chi connectivity index (χ3n) is 2.51. The number of aryl methyl sites for hydroxylation is 1. The van der Waals surface area contributed by atoms with Crippen molar-refractivity contribution in [3.63, 3.8) is 0 Å². The molecule has 0 amide bonds. The van der Waals surface area contributed by atoms with Crippen molar-refractivity contribution in [3.05, 3.63) is 45.8 Å². The van der Waals surface area contributed by atoms with Gasteiger partial charge in [0.25, 0.3) is 0 Å². The molecule has 0 aliphatic rings. The molecule has 1 N–H and O–H groups in total. The van der Waals surface area contributed by atoms with Crippen molar-refractivity contribution >= 4 is 21.9 Å². The molecule has 0 saturated heterocycles. The molecule has 1 unspecified atom stereocenters. The van der Waals surface area contributed by atoms with E-state index in [0.717, 1.165) is 0 Å². The van der Waals surface area contributed by atoms with Gasteiger partial charge in [-0.2, -0.15) is 0 Å². The molecule has 1 heterocycles. The van der Waals surface area contributed by atoms with Crippen molar-refractivity contribution < 1.29 is 18.7 Å². The van der Waals surface area contributed by atoms with E-state index in [1.54, 1.807) is 13.0 Å². The second-order valence-corrected chi connectivity index (χ2v) is 4.93. The lowest BCUT2D eigenvalue weighted by molar-refractivity contribution is -0.137. The number of hydrogen-bond donors (Lipinski definition) is 1. The van der Waals surface area contributed by atoms with E-state index in [4.69, 9.17) is 9.52 Å². The van der Waals surface area contributed by atoms with Crippen molar-refractivity contribution in [3.8, 4) is 0 Å². The number of rotatable bonds is 4. The maximum atomic E-state index is 13.4. The molecule has 1 aromatic carbocycles. The number of carboxylic acids is 1. The van der Waals surface area contributed by atoms with Crippen LogP contribution < -0.4 is 0 Å². The number of carboxylic acid groups (broad SMARTS) is 1. The summed E-state index contributed by atoms with van der Waals surface area (Å²) in [5.41, 5.74) is 0.470. The molecule has 0 bridgehead atoms. The molecule has 1 aromatic heterocycles. The van der Waals surface area contributed by atoms with Crippen molar-refractivity contribution in [2.45, 2.75) is 19.3 Å². The zero-order valence-electron chi connectivity index (χ0n) is 9.93. The molecule has 0 aliphatic carbocycles. The fourth-order valence-corrected chi connectivity index (χ4v) is 2.23. The molecule has 2 aromatic rings. The Balaban J connectivity index is 2.45. The van der Waals surface area contributed by atoms with Gasteiger partial charge in [-0.15, -0.1) is 10.2 Å². The van der Waals surface area contributed by atoms with Gasteiger partial charge in [-0.05, 0) is 23.8 Å². The van der Waals surface area contributed by atoms with Crippen LogP contribution in [0.1, 0.15) is 29.7 Å². The number of carbonyl (C=O) groups is 1. The minimum Gasteiger partial charge on any atom is -0.481 e. The van der Waals surface area contributed by atoms with E-state index in [-0.39, 0.29) is 12.3 Å². The summed E-state index contributed by atoms with van der Waals surface area (Å²) in [6.45, 7) is 1.61. The lowest BCUT2D eigenvalue weighted by Crippen LogP contribution is -2.09. The topological polar surface area (TPSA) is 76.2 Å². The van der Waals surface area contributed by atoms with Crippen LogP contribution in [0.2, 0.25) is 0 Å². The average Bonchev–Trinajstić information content (AvgIpc) is 2.71. The molecular formula is C12H10BrFN2O3. The van der Waals surface area contributed by atoms with Crippen molar-refractivity contribution in [1.82, 2.24) is 10.2 Å². The maximum absolute atomic E-state index is 13.4. The zero-order valence-corrected chi connectivity index (χ0v) is 11.5. The Kier molecular flexibility index (Phi) is 3.94. The predicted octanol–water partition coefficient (Wildman–Crippen LogP) is 2.89. The van der Waals surface area contributed by atoms with Gasteiger partial charge in [-0.1, -0.05) is 15.9 Å². The average molecular weight is 329 g/mol.